The summed E-state index contributed by atoms with van der Waals surface area (Å²) in [5.74, 6) is 0.868. The molecule has 2 heterocycles. The quantitative estimate of drug-likeness (QED) is 0.864. The molecule has 2 N–H and O–H groups in total. The summed E-state index contributed by atoms with van der Waals surface area (Å²) in [6, 6.07) is 4.38. The van der Waals surface area contributed by atoms with Crippen LogP contribution in [0.2, 0.25) is 0 Å². The van der Waals surface area contributed by atoms with Crippen molar-refractivity contribution in [2.24, 2.45) is 5.92 Å². The van der Waals surface area contributed by atoms with Gasteiger partial charge in [-0.25, -0.2) is 0 Å². The SMILES string of the molecule is CC(Cc1ccsc1)NC1CCCC1C1CCCN1. The number of rotatable bonds is 5. The predicted octanol–water partition coefficient (Wildman–Crippen LogP) is 3.19. The van der Waals surface area contributed by atoms with Crippen LogP contribution in [0.15, 0.2) is 16.8 Å². The molecule has 4 unspecified atom stereocenters. The molecule has 106 valence electrons. The van der Waals surface area contributed by atoms with E-state index < -0.39 is 0 Å². The molecule has 0 radical (unpaired) electrons. The predicted molar refractivity (Wildman–Crippen MR) is 82.8 cm³/mol. The van der Waals surface area contributed by atoms with E-state index in [1.165, 1.54) is 50.6 Å². The number of hydrogen-bond acceptors (Lipinski definition) is 3. The van der Waals surface area contributed by atoms with Gasteiger partial charge in [0.2, 0.25) is 0 Å². The van der Waals surface area contributed by atoms with Crippen molar-refractivity contribution >= 4 is 11.3 Å². The Morgan fingerprint density at radius 3 is 3.05 bits per heavy atom. The molecule has 2 fully saturated rings. The molecule has 1 aliphatic heterocycles. The average molecular weight is 278 g/mol. The van der Waals surface area contributed by atoms with Gasteiger partial charge in [-0.1, -0.05) is 6.42 Å². The molecule has 2 aliphatic rings. The Labute approximate surface area is 121 Å². The van der Waals surface area contributed by atoms with Crippen molar-refractivity contribution in [2.75, 3.05) is 6.54 Å². The van der Waals surface area contributed by atoms with Crippen LogP contribution < -0.4 is 10.6 Å². The van der Waals surface area contributed by atoms with Crippen LogP contribution >= 0.6 is 11.3 Å². The van der Waals surface area contributed by atoms with Crippen molar-refractivity contribution in [1.29, 1.82) is 0 Å². The Hall–Kier alpha value is -0.380. The van der Waals surface area contributed by atoms with Crippen molar-refractivity contribution in [1.82, 2.24) is 10.6 Å². The Kier molecular flexibility index (Phi) is 4.57. The van der Waals surface area contributed by atoms with Crippen LogP contribution in [0.4, 0.5) is 0 Å². The fourth-order valence-electron chi connectivity index (χ4n) is 3.94. The molecule has 0 amide bonds. The highest BCUT2D eigenvalue weighted by Crippen LogP contribution is 2.32. The molecule has 0 aromatic carbocycles. The smallest absolute Gasteiger partial charge is 0.0113 e. The second-order valence-electron chi connectivity index (χ2n) is 6.31. The lowest BCUT2D eigenvalue weighted by Crippen LogP contribution is -2.45. The molecule has 1 saturated carbocycles. The summed E-state index contributed by atoms with van der Waals surface area (Å²) in [7, 11) is 0. The van der Waals surface area contributed by atoms with Crippen LogP contribution in [-0.4, -0.2) is 24.7 Å². The van der Waals surface area contributed by atoms with E-state index in [4.69, 9.17) is 0 Å². The maximum atomic E-state index is 3.91. The van der Waals surface area contributed by atoms with E-state index >= 15 is 0 Å². The highest BCUT2D eigenvalue weighted by Gasteiger charge is 2.35. The van der Waals surface area contributed by atoms with Gasteiger partial charge in [-0.05, 0) is 73.9 Å². The maximum absolute atomic E-state index is 3.91. The first-order valence-corrected chi connectivity index (χ1v) is 8.78. The Morgan fingerprint density at radius 1 is 1.37 bits per heavy atom. The van der Waals surface area contributed by atoms with E-state index in [0.29, 0.717) is 6.04 Å². The maximum Gasteiger partial charge on any atom is 0.0113 e. The summed E-state index contributed by atoms with van der Waals surface area (Å²) in [5, 5.41) is 12.1. The summed E-state index contributed by atoms with van der Waals surface area (Å²) in [5.41, 5.74) is 1.48. The van der Waals surface area contributed by atoms with Crippen LogP contribution in [0.25, 0.3) is 0 Å². The summed E-state index contributed by atoms with van der Waals surface area (Å²) >= 11 is 1.81. The molecule has 19 heavy (non-hydrogen) atoms. The molecule has 4 atom stereocenters. The van der Waals surface area contributed by atoms with Gasteiger partial charge in [0.25, 0.3) is 0 Å². The van der Waals surface area contributed by atoms with E-state index in [-0.39, 0.29) is 0 Å². The molecule has 1 aromatic heterocycles. The van der Waals surface area contributed by atoms with Gasteiger partial charge in [0.05, 0.1) is 0 Å². The monoisotopic (exact) mass is 278 g/mol. The van der Waals surface area contributed by atoms with E-state index in [9.17, 15) is 0 Å². The second-order valence-corrected chi connectivity index (χ2v) is 7.09. The van der Waals surface area contributed by atoms with Crippen molar-refractivity contribution < 1.29 is 0 Å². The zero-order valence-electron chi connectivity index (χ0n) is 11.9. The first kappa shape index (κ1) is 13.6. The molecule has 0 spiro atoms. The Balaban J connectivity index is 1.52. The fourth-order valence-corrected chi connectivity index (χ4v) is 4.62. The molecule has 2 nitrogen and oxygen atoms in total. The van der Waals surface area contributed by atoms with Gasteiger partial charge in [0.1, 0.15) is 0 Å². The first-order valence-electron chi connectivity index (χ1n) is 7.83. The Bertz CT molecular complexity index is 370. The van der Waals surface area contributed by atoms with Crippen molar-refractivity contribution in [3.63, 3.8) is 0 Å². The van der Waals surface area contributed by atoms with Gasteiger partial charge in [-0.2, -0.15) is 11.3 Å². The van der Waals surface area contributed by atoms with E-state index in [2.05, 4.69) is 34.4 Å². The van der Waals surface area contributed by atoms with Crippen molar-refractivity contribution in [3.8, 4) is 0 Å². The third-order valence-electron chi connectivity index (χ3n) is 4.81. The summed E-state index contributed by atoms with van der Waals surface area (Å²) in [6.45, 7) is 3.58. The minimum absolute atomic E-state index is 0.599. The van der Waals surface area contributed by atoms with Crippen LogP contribution in [-0.2, 0) is 6.42 Å². The molecule has 0 bridgehead atoms. The minimum atomic E-state index is 0.599. The minimum Gasteiger partial charge on any atom is -0.314 e. The Morgan fingerprint density at radius 2 is 2.32 bits per heavy atom. The van der Waals surface area contributed by atoms with Crippen molar-refractivity contribution in [2.45, 2.75) is 63.6 Å². The topological polar surface area (TPSA) is 24.1 Å². The highest BCUT2D eigenvalue weighted by molar-refractivity contribution is 7.07. The van der Waals surface area contributed by atoms with Crippen LogP contribution in [0.3, 0.4) is 0 Å². The fraction of sp³-hybridized carbons (Fsp3) is 0.750. The van der Waals surface area contributed by atoms with E-state index in [1.54, 1.807) is 0 Å². The largest absolute Gasteiger partial charge is 0.314 e. The van der Waals surface area contributed by atoms with Crippen molar-refractivity contribution in [3.05, 3.63) is 22.4 Å². The standard InChI is InChI=1S/C16H26N2S/c1-12(10-13-7-9-19-11-13)18-16-5-2-4-14(16)15-6-3-8-17-15/h7,9,11-12,14-18H,2-6,8,10H2,1H3. The molecule has 3 rings (SSSR count). The molecular formula is C16H26N2S. The summed E-state index contributed by atoms with van der Waals surface area (Å²) < 4.78 is 0. The zero-order valence-corrected chi connectivity index (χ0v) is 12.7. The molecule has 1 aliphatic carbocycles. The van der Waals surface area contributed by atoms with Gasteiger partial charge in [-0.15, -0.1) is 0 Å². The summed E-state index contributed by atoms with van der Waals surface area (Å²) in [6.07, 6.45) is 8.13. The van der Waals surface area contributed by atoms with Crippen LogP contribution in [0.1, 0.15) is 44.6 Å². The third-order valence-corrected chi connectivity index (χ3v) is 5.54. The molecule has 1 saturated heterocycles. The number of thiophene rings is 1. The van der Waals surface area contributed by atoms with Gasteiger partial charge < -0.3 is 10.6 Å². The lowest BCUT2D eigenvalue weighted by Gasteiger charge is -2.29. The average Bonchev–Trinajstić information content (AvgIpc) is 3.09. The molecule has 1 aromatic rings. The third kappa shape index (κ3) is 3.39. The number of hydrogen-bond donors (Lipinski definition) is 2. The lowest BCUT2D eigenvalue weighted by molar-refractivity contribution is 0.301. The number of nitrogens with one attached hydrogen (secondary N) is 2. The van der Waals surface area contributed by atoms with Gasteiger partial charge in [0, 0.05) is 18.1 Å². The highest BCUT2D eigenvalue weighted by atomic mass is 32.1. The van der Waals surface area contributed by atoms with E-state index in [1.807, 2.05) is 11.3 Å². The molecule has 3 heteroatoms. The van der Waals surface area contributed by atoms with E-state index in [0.717, 1.165) is 18.0 Å². The van der Waals surface area contributed by atoms with Gasteiger partial charge in [-0.3, -0.25) is 0 Å². The first-order chi connectivity index (χ1) is 9.33. The molecular weight excluding hydrogens is 252 g/mol. The van der Waals surface area contributed by atoms with Gasteiger partial charge >= 0.3 is 0 Å². The lowest BCUT2D eigenvalue weighted by atomic mass is 9.92. The zero-order chi connectivity index (χ0) is 13.1. The normalized spacial score (nSPS) is 32.8. The summed E-state index contributed by atoms with van der Waals surface area (Å²) in [4.78, 5) is 0. The van der Waals surface area contributed by atoms with Gasteiger partial charge in [0.15, 0.2) is 0 Å². The van der Waals surface area contributed by atoms with Crippen LogP contribution in [0.5, 0.6) is 0 Å². The van der Waals surface area contributed by atoms with Crippen LogP contribution in [0, 0.1) is 5.92 Å². The second kappa shape index (κ2) is 6.38.